The summed E-state index contributed by atoms with van der Waals surface area (Å²) in [5.74, 6) is 0.987. The molecular weight excluding hydrogens is 334 g/mol. The molecule has 2 fully saturated rings. The van der Waals surface area contributed by atoms with Gasteiger partial charge in [-0.3, -0.25) is 4.79 Å². The van der Waals surface area contributed by atoms with Crippen LogP contribution in [0.15, 0.2) is 22.6 Å². The van der Waals surface area contributed by atoms with Crippen molar-refractivity contribution in [3.05, 3.63) is 29.5 Å². The number of rotatable bonds is 2. The predicted octanol–water partition coefficient (Wildman–Crippen LogP) is 2.90. The second kappa shape index (κ2) is 6.59. The van der Waals surface area contributed by atoms with E-state index in [2.05, 4.69) is 0 Å². The minimum Gasteiger partial charge on any atom is -0.497 e. The van der Waals surface area contributed by atoms with E-state index < -0.39 is 11.7 Å². The molecule has 4 rings (SSSR count). The van der Waals surface area contributed by atoms with Gasteiger partial charge in [-0.15, -0.1) is 0 Å². The van der Waals surface area contributed by atoms with Crippen molar-refractivity contribution in [3.8, 4) is 5.75 Å². The highest BCUT2D eigenvalue weighted by molar-refractivity contribution is 5.99. The molecule has 1 atom stereocenters. The number of aliphatic hydroxyl groups excluding tert-OH is 1. The number of ether oxygens (including phenoxy) is 2. The zero-order valence-corrected chi connectivity index (χ0v) is 15.3. The molecule has 6 heteroatoms. The van der Waals surface area contributed by atoms with Crippen LogP contribution in [0.3, 0.4) is 0 Å². The predicted molar refractivity (Wildman–Crippen MR) is 96.6 cm³/mol. The lowest BCUT2D eigenvalue weighted by atomic mass is 9.82. The average Bonchev–Trinajstić information content (AvgIpc) is 3.00. The summed E-state index contributed by atoms with van der Waals surface area (Å²) in [5, 5.41) is 11.3. The van der Waals surface area contributed by atoms with Crippen molar-refractivity contribution >= 4 is 16.9 Å². The van der Waals surface area contributed by atoms with Gasteiger partial charge in [-0.25, -0.2) is 0 Å². The molecule has 2 aliphatic heterocycles. The molecule has 0 saturated carbocycles. The Kier molecular flexibility index (Phi) is 4.40. The number of hydrogen-bond acceptors (Lipinski definition) is 5. The van der Waals surface area contributed by atoms with Gasteiger partial charge in [0, 0.05) is 36.7 Å². The first-order valence-electron chi connectivity index (χ1n) is 9.22. The second-order valence-electron chi connectivity index (χ2n) is 7.28. The van der Waals surface area contributed by atoms with Crippen LogP contribution in [0.2, 0.25) is 0 Å². The molecule has 0 bridgehead atoms. The summed E-state index contributed by atoms with van der Waals surface area (Å²) < 4.78 is 17.0. The molecule has 1 spiro atoms. The number of hydrogen-bond donors (Lipinski definition) is 1. The summed E-state index contributed by atoms with van der Waals surface area (Å²) in [5.41, 5.74) is 1.03. The standard InChI is InChI=1S/C20H25NO5/c1-13-15-6-5-14(24-2)12-16(15)26-18(13)19(23)21-9-7-20(8-10-21)17(22)4-3-11-25-20/h5-6,12,17,22H,3-4,7-11H2,1-2H3/t17-/m0/s1. The van der Waals surface area contributed by atoms with Crippen LogP contribution in [0.4, 0.5) is 0 Å². The van der Waals surface area contributed by atoms with E-state index >= 15 is 0 Å². The molecule has 1 N–H and O–H groups in total. The van der Waals surface area contributed by atoms with Gasteiger partial charge in [0.25, 0.3) is 5.91 Å². The third-order valence-corrected chi connectivity index (χ3v) is 5.86. The third kappa shape index (κ3) is 2.77. The Morgan fingerprint density at radius 3 is 2.81 bits per heavy atom. The van der Waals surface area contributed by atoms with Gasteiger partial charge in [0.05, 0.1) is 18.8 Å². The van der Waals surface area contributed by atoms with Crippen LogP contribution in [0, 0.1) is 6.92 Å². The molecule has 2 aliphatic rings. The van der Waals surface area contributed by atoms with Gasteiger partial charge < -0.3 is 23.9 Å². The van der Waals surface area contributed by atoms with E-state index in [0.717, 1.165) is 23.8 Å². The maximum atomic E-state index is 13.0. The molecule has 2 aromatic rings. The average molecular weight is 359 g/mol. The van der Waals surface area contributed by atoms with Gasteiger partial charge in [0.2, 0.25) is 0 Å². The number of benzene rings is 1. The molecule has 2 saturated heterocycles. The Labute approximate surface area is 152 Å². The number of nitrogens with zero attached hydrogens (tertiary/aromatic N) is 1. The van der Waals surface area contributed by atoms with Crippen molar-refractivity contribution in [2.75, 3.05) is 26.8 Å². The summed E-state index contributed by atoms with van der Waals surface area (Å²) in [6, 6.07) is 5.59. The lowest BCUT2D eigenvalue weighted by Crippen LogP contribution is -2.56. The Balaban J connectivity index is 1.53. The molecule has 26 heavy (non-hydrogen) atoms. The normalized spacial score (nSPS) is 22.7. The fraction of sp³-hybridized carbons (Fsp3) is 0.550. The van der Waals surface area contributed by atoms with Crippen molar-refractivity contribution in [2.45, 2.75) is 44.3 Å². The number of carbonyl (C=O) groups excluding carboxylic acids is 1. The van der Waals surface area contributed by atoms with E-state index in [0.29, 0.717) is 49.6 Å². The number of furan rings is 1. The summed E-state index contributed by atoms with van der Waals surface area (Å²) in [4.78, 5) is 14.8. The molecule has 0 unspecified atom stereocenters. The monoisotopic (exact) mass is 359 g/mol. The third-order valence-electron chi connectivity index (χ3n) is 5.86. The molecule has 1 aromatic heterocycles. The second-order valence-corrected chi connectivity index (χ2v) is 7.28. The number of fused-ring (bicyclic) bond motifs is 1. The van der Waals surface area contributed by atoms with Crippen LogP contribution >= 0.6 is 0 Å². The first-order valence-corrected chi connectivity index (χ1v) is 9.22. The fourth-order valence-corrected chi connectivity index (χ4v) is 4.16. The summed E-state index contributed by atoms with van der Waals surface area (Å²) in [6.07, 6.45) is 2.56. The number of aryl methyl sites for hydroxylation is 1. The molecule has 1 amide bonds. The van der Waals surface area contributed by atoms with E-state index in [1.165, 1.54) is 0 Å². The molecule has 6 nitrogen and oxygen atoms in total. The van der Waals surface area contributed by atoms with Crippen LogP contribution < -0.4 is 4.74 Å². The number of methoxy groups -OCH3 is 1. The van der Waals surface area contributed by atoms with Crippen molar-refractivity contribution in [2.24, 2.45) is 0 Å². The van der Waals surface area contributed by atoms with E-state index in [9.17, 15) is 9.90 Å². The van der Waals surface area contributed by atoms with Crippen LogP contribution in [-0.2, 0) is 4.74 Å². The summed E-state index contributed by atoms with van der Waals surface area (Å²) >= 11 is 0. The van der Waals surface area contributed by atoms with Gasteiger partial charge in [0.1, 0.15) is 11.3 Å². The van der Waals surface area contributed by atoms with Gasteiger partial charge >= 0.3 is 0 Å². The molecule has 3 heterocycles. The quantitative estimate of drug-likeness (QED) is 0.893. The van der Waals surface area contributed by atoms with E-state index in [1.54, 1.807) is 18.1 Å². The largest absolute Gasteiger partial charge is 0.497 e. The number of carbonyl (C=O) groups is 1. The van der Waals surface area contributed by atoms with E-state index in [4.69, 9.17) is 13.9 Å². The lowest BCUT2D eigenvalue weighted by molar-refractivity contribution is -0.174. The molecule has 140 valence electrons. The highest BCUT2D eigenvalue weighted by Gasteiger charge is 2.44. The molecule has 1 aromatic carbocycles. The smallest absolute Gasteiger partial charge is 0.289 e. The zero-order chi connectivity index (χ0) is 18.3. The van der Waals surface area contributed by atoms with Crippen LogP contribution in [0.25, 0.3) is 11.0 Å². The fourth-order valence-electron chi connectivity index (χ4n) is 4.16. The Morgan fingerprint density at radius 1 is 1.35 bits per heavy atom. The van der Waals surface area contributed by atoms with Gasteiger partial charge in [-0.2, -0.15) is 0 Å². The SMILES string of the molecule is COc1ccc2c(C)c(C(=O)N3CCC4(CC3)OCCC[C@@H]4O)oc2c1. The maximum Gasteiger partial charge on any atom is 0.289 e. The first kappa shape index (κ1) is 17.4. The summed E-state index contributed by atoms with van der Waals surface area (Å²) in [7, 11) is 1.61. The van der Waals surface area contributed by atoms with Crippen LogP contribution in [0.1, 0.15) is 41.8 Å². The highest BCUT2D eigenvalue weighted by Crippen LogP contribution is 2.36. The Hall–Kier alpha value is -2.05. The van der Waals surface area contributed by atoms with Crippen molar-refractivity contribution in [1.82, 2.24) is 4.90 Å². The number of aliphatic hydroxyl groups is 1. The zero-order valence-electron chi connectivity index (χ0n) is 15.3. The maximum absolute atomic E-state index is 13.0. The molecule has 0 aliphatic carbocycles. The number of likely N-dealkylation sites (tertiary alicyclic amines) is 1. The molecular formula is C20H25NO5. The first-order chi connectivity index (χ1) is 12.5. The van der Waals surface area contributed by atoms with Gasteiger partial charge in [-0.05, 0) is 44.7 Å². The van der Waals surface area contributed by atoms with Gasteiger partial charge in [-0.1, -0.05) is 0 Å². The van der Waals surface area contributed by atoms with Crippen molar-refractivity contribution in [3.63, 3.8) is 0 Å². The molecule has 0 radical (unpaired) electrons. The van der Waals surface area contributed by atoms with Gasteiger partial charge in [0.15, 0.2) is 5.76 Å². The number of amides is 1. The van der Waals surface area contributed by atoms with Crippen LogP contribution in [0.5, 0.6) is 5.75 Å². The number of piperidine rings is 1. The van der Waals surface area contributed by atoms with Crippen LogP contribution in [-0.4, -0.2) is 54.4 Å². The lowest BCUT2D eigenvalue weighted by Gasteiger charge is -2.46. The minimum atomic E-state index is -0.481. The summed E-state index contributed by atoms with van der Waals surface area (Å²) in [6.45, 7) is 3.73. The Bertz CT molecular complexity index is 819. The Morgan fingerprint density at radius 2 is 2.12 bits per heavy atom. The van der Waals surface area contributed by atoms with E-state index in [1.807, 2.05) is 19.1 Å². The minimum absolute atomic E-state index is 0.0992. The highest BCUT2D eigenvalue weighted by atomic mass is 16.5. The van der Waals surface area contributed by atoms with Crippen molar-refractivity contribution < 1.29 is 23.8 Å². The van der Waals surface area contributed by atoms with Crippen molar-refractivity contribution in [1.29, 1.82) is 0 Å². The topological polar surface area (TPSA) is 72.1 Å². The van der Waals surface area contributed by atoms with E-state index in [-0.39, 0.29) is 5.91 Å².